The van der Waals surface area contributed by atoms with E-state index in [1.54, 1.807) is 6.07 Å². The molecule has 1 atom stereocenters. The van der Waals surface area contributed by atoms with Crippen molar-refractivity contribution >= 4 is 11.8 Å². The summed E-state index contributed by atoms with van der Waals surface area (Å²) in [6, 6.07) is 7.60. The molecule has 2 rings (SSSR count). The summed E-state index contributed by atoms with van der Waals surface area (Å²) in [6.45, 7) is 0. The Bertz CT molecular complexity index is 745. The number of benzene rings is 2. The van der Waals surface area contributed by atoms with Crippen LogP contribution in [-0.4, -0.2) is 17.9 Å². The highest BCUT2D eigenvalue weighted by atomic mass is 19.1. The summed E-state index contributed by atoms with van der Waals surface area (Å²) in [4.78, 5) is 23.4. The molecule has 0 saturated carbocycles. The lowest BCUT2D eigenvalue weighted by Crippen LogP contribution is -2.46. The van der Waals surface area contributed by atoms with Gasteiger partial charge in [0.1, 0.15) is 23.5 Å². The highest BCUT2D eigenvalue weighted by molar-refractivity contribution is 5.87. The van der Waals surface area contributed by atoms with Gasteiger partial charge in [0.15, 0.2) is 0 Å². The zero-order valence-electron chi connectivity index (χ0n) is 12.6. The van der Waals surface area contributed by atoms with E-state index in [4.69, 9.17) is 5.73 Å². The molecule has 3 N–H and O–H groups in total. The molecule has 0 heterocycles. The molecule has 4 nitrogen and oxygen atoms in total. The number of hydrogen-bond donors (Lipinski definition) is 2. The predicted molar refractivity (Wildman–Crippen MR) is 81.3 cm³/mol. The Morgan fingerprint density at radius 3 is 2.25 bits per heavy atom. The van der Waals surface area contributed by atoms with E-state index in [2.05, 4.69) is 5.32 Å². The van der Waals surface area contributed by atoms with E-state index in [9.17, 15) is 22.8 Å². The quantitative estimate of drug-likeness (QED) is 0.845. The van der Waals surface area contributed by atoms with Gasteiger partial charge in [-0.15, -0.1) is 0 Å². The van der Waals surface area contributed by atoms with E-state index in [0.717, 1.165) is 12.1 Å². The molecule has 2 aromatic carbocycles. The lowest BCUT2D eigenvalue weighted by Gasteiger charge is -2.16. The first-order valence-corrected chi connectivity index (χ1v) is 7.13. The van der Waals surface area contributed by atoms with Crippen LogP contribution < -0.4 is 11.1 Å². The highest BCUT2D eigenvalue weighted by Crippen LogP contribution is 2.13. The maximum atomic E-state index is 13.5. The van der Waals surface area contributed by atoms with Gasteiger partial charge in [0, 0.05) is 12.0 Å². The van der Waals surface area contributed by atoms with Gasteiger partial charge in [-0.3, -0.25) is 9.59 Å². The molecular weight excluding hydrogens is 321 g/mol. The second kappa shape index (κ2) is 7.63. The zero-order valence-corrected chi connectivity index (χ0v) is 12.6. The Kier molecular flexibility index (Phi) is 5.57. The molecule has 7 heteroatoms. The van der Waals surface area contributed by atoms with E-state index in [1.807, 2.05) is 0 Å². The molecule has 0 radical (unpaired) electrons. The van der Waals surface area contributed by atoms with E-state index in [1.165, 1.54) is 24.3 Å². The normalized spacial score (nSPS) is 11.8. The number of carbonyl (C=O) groups is 2. The summed E-state index contributed by atoms with van der Waals surface area (Å²) < 4.78 is 40.3. The third-order valence-electron chi connectivity index (χ3n) is 3.41. The van der Waals surface area contributed by atoms with Crippen LogP contribution in [0, 0.1) is 17.5 Å². The number of carbonyl (C=O) groups excluding carboxylic acids is 2. The summed E-state index contributed by atoms with van der Waals surface area (Å²) in [6.07, 6.45) is -0.607. The van der Waals surface area contributed by atoms with Crippen LogP contribution in [0.4, 0.5) is 13.2 Å². The van der Waals surface area contributed by atoms with Crippen molar-refractivity contribution in [2.45, 2.75) is 18.9 Å². The molecule has 0 aromatic heterocycles. The second-order valence-electron chi connectivity index (χ2n) is 5.23. The fourth-order valence-corrected chi connectivity index (χ4v) is 2.23. The van der Waals surface area contributed by atoms with Gasteiger partial charge >= 0.3 is 0 Å². The molecule has 0 spiro atoms. The summed E-state index contributed by atoms with van der Waals surface area (Å²) in [7, 11) is 0. The second-order valence-corrected chi connectivity index (χ2v) is 5.23. The molecule has 24 heavy (non-hydrogen) atoms. The number of hydrogen-bond acceptors (Lipinski definition) is 2. The summed E-state index contributed by atoms with van der Waals surface area (Å²) in [5.41, 5.74) is 5.28. The molecule has 0 aliphatic carbocycles. The molecular formula is C17H15F3N2O2. The Morgan fingerprint density at radius 2 is 1.67 bits per heavy atom. The van der Waals surface area contributed by atoms with Crippen LogP contribution in [0.2, 0.25) is 0 Å². The van der Waals surface area contributed by atoms with Gasteiger partial charge in [0.05, 0.1) is 6.42 Å². The Morgan fingerprint density at radius 1 is 1.04 bits per heavy atom. The maximum absolute atomic E-state index is 13.5. The SMILES string of the molecule is NC(=O)[C@H](Cc1cccc(F)c1)NC(=O)Cc1c(F)cccc1F. The molecule has 2 amide bonds. The first-order valence-electron chi connectivity index (χ1n) is 7.13. The van der Waals surface area contributed by atoms with Gasteiger partial charge in [-0.25, -0.2) is 13.2 Å². The van der Waals surface area contributed by atoms with Crippen LogP contribution in [0.3, 0.4) is 0 Å². The minimum Gasteiger partial charge on any atom is -0.368 e. The van der Waals surface area contributed by atoms with E-state index < -0.39 is 47.3 Å². The molecule has 0 aliphatic heterocycles. The number of primary amides is 1. The van der Waals surface area contributed by atoms with Gasteiger partial charge in [-0.05, 0) is 29.8 Å². The fraction of sp³-hybridized carbons (Fsp3) is 0.176. The number of amides is 2. The summed E-state index contributed by atoms with van der Waals surface area (Å²) in [5.74, 6) is -3.80. The maximum Gasteiger partial charge on any atom is 0.240 e. The van der Waals surface area contributed by atoms with E-state index >= 15 is 0 Å². The van der Waals surface area contributed by atoms with Gasteiger partial charge < -0.3 is 11.1 Å². The molecule has 0 fully saturated rings. The van der Waals surface area contributed by atoms with Gasteiger partial charge in [-0.1, -0.05) is 18.2 Å². The Hall–Kier alpha value is -2.83. The molecule has 126 valence electrons. The standard InChI is InChI=1S/C17H15F3N2O2/c18-11-4-1-3-10(7-11)8-15(17(21)24)22-16(23)9-12-13(19)5-2-6-14(12)20/h1-7,15H,8-9H2,(H2,21,24)(H,22,23)/t15-/m0/s1. The van der Waals surface area contributed by atoms with Crippen LogP contribution in [0.5, 0.6) is 0 Å². The van der Waals surface area contributed by atoms with Crippen LogP contribution in [0.25, 0.3) is 0 Å². The number of nitrogens with two attached hydrogens (primary N) is 1. The highest BCUT2D eigenvalue weighted by Gasteiger charge is 2.21. The summed E-state index contributed by atoms with van der Waals surface area (Å²) >= 11 is 0. The monoisotopic (exact) mass is 336 g/mol. The first-order chi connectivity index (χ1) is 11.4. The fourth-order valence-electron chi connectivity index (χ4n) is 2.23. The van der Waals surface area contributed by atoms with Crippen LogP contribution >= 0.6 is 0 Å². The molecule has 0 aliphatic rings. The smallest absolute Gasteiger partial charge is 0.240 e. The van der Waals surface area contributed by atoms with Crippen LogP contribution in [0.1, 0.15) is 11.1 Å². The van der Waals surface area contributed by atoms with Crippen LogP contribution in [-0.2, 0) is 22.4 Å². The topological polar surface area (TPSA) is 72.2 Å². The van der Waals surface area contributed by atoms with E-state index in [-0.39, 0.29) is 6.42 Å². The lowest BCUT2D eigenvalue weighted by molar-refractivity contribution is -0.127. The molecule has 0 bridgehead atoms. The lowest BCUT2D eigenvalue weighted by atomic mass is 10.0. The third kappa shape index (κ3) is 4.58. The van der Waals surface area contributed by atoms with Gasteiger partial charge in [0.25, 0.3) is 0 Å². The summed E-state index contributed by atoms with van der Waals surface area (Å²) in [5, 5.41) is 2.32. The zero-order chi connectivity index (χ0) is 17.7. The van der Waals surface area contributed by atoms with Crippen LogP contribution in [0.15, 0.2) is 42.5 Å². The minimum absolute atomic E-state index is 0.0292. The van der Waals surface area contributed by atoms with Gasteiger partial charge in [0.2, 0.25) is 11.8 Å². The van der Waals surface area contributed by atoms with Crippen molar-refractivity contribution in [2.75, 3.05) is 0 Å². The molecule has 0 unspecified atom stereocenters. The number of halogens is 3. The van der Waals surface area contributed by atoms with Crippen molar-refractivity contribution in [3.63, 3.8) is 0 Å². The van der Waals surface area contributed by atoms with E-state index in [0.29, 0.717) is 5.56 Å². The van der Waals surface area contributed by atoms with Crippen molar-refractivity contribution in [3.8, 4) is 0 Å². The van der Waals surface area contributed by atoms with Crippen molar-refractivity contribution in [1.29, 1.82) is 0 Å². The largest absolute Gasteiger partial charge is 0.368 e. The number of nitrogens with one attached hydrogen (secondary N) is 1. The molecule has 2 aromatic rings. The number of rotatable bonds is 6. The van der Waals surface area contributed by atoms with Crippen molar-refractivity contribution < 1.29 is 22.8 Å². The molecule has 0 saturated heterocycles. The Labute approximate surface area is 136 Å². The van der Waals surface area contributed by atoms with Crippen molar-refractivity contribution in [2.24, 2.45) is 5.73 Å². The Balaban J connectivity index is 2.07. The van der Waals surface area contributed by atoms with Gasteiger partial charge in [-0.2, -0.15) is 0 Å². The third-order valence-corrected chi connectivity index (χ3v) is 3.41. The van der Waals surface area contributed by atoms with Crippen molar-refractivity contribution in [3.05, 3.63) is 71.0 Å². The minimum atomic E-state index is -1.12. The average molecular weight is 336 g/mol. The predicted octanol–water partition coefficient (Wildman–Crippen LogP) is 1.86. The first kappa shape index (κ1) is 17.5. The average Bonchev–Trinajstić information content (AvgIpc) is 2.50. The van der Waals surface area contributed by atoms with Crippen molar-refractivity contribution in [1.82, 2.24) is 5.32 Å².